The van der Waals surface area contributed by atoms with Crippen molar-refractivity contribution in [3.63, 3.8) is 0 Å². The van der Waals surface area contributed by atoms with Gasteiger partial charge in [0.25, 0.3) is 5.91 Å². The van der Waals surface area contributed by atoms with E-state index in [1.54, 1.807) is 36.9 Å². The van der Waals surface area contributed by atoms with Gasteiger partial charge in [0, 0.05) is 68.0 Å². The first kappa shape index (κ1) is 34.2. The van der Waals surface area contributed by atoms with E-state index < -0.39 is 11.7 Å². The van der Waals surface area contributed by atoms with Crippen molar-refractivity contribution in [1.29, 1.82) is 0 Å². The largest absolute Gasteiger partial charge is 0.444 e. The molecular formula is C36H41FN10O3. The molecule has 2 aromatic carbocycles. The number of fused-ring (bicyclic) bond motifs is 2. The second-order valence-corrected chi connectivity index (χ2v) is 12.8. The molecule has 0 saturated carbocycles. The number of nitrogens with one attached hydrogen (secondary N) is 4. The predicted molar refractivity (Wildman–Crippen MR) is 192 cm³/mol. The Morgan fingerprint density at radius 3 is 2.74 bits per heavy atom. The second-order valence-electron chi connectivity index (χ2n) is 12.8. The van der Waals surface area contributed by atoms with Gasteiger partial charge >= 0.3 is 6.09 Å². The predicted octanol–water partition coefficient (Wildman–Crippen LogP) is 5.58. The molecule has 260 valence electrons. The molecule has 4 N–H and O–H groups in total. The van der Waals surface area contributed by atoms with Gasteiger partial charge in [-0.2, -0.15) is 19.6 Å². The number of aromatic nitrogens is 5. The Labute approximate surface area is 289 Å². The van der Waals surface area contributed by atoms with Crippen LogP contribution in [-0.4, -0.2) is 81.3 Å². The summed E-state index contributed by atoms with van der Waals surface area (Å²) in [5.74, 6) is -0.722. The van der Waals surface area contributed by atoms with Crippen molar-refractivity contribution < 1.29 is 18.7 Å². The van der Waals surface area contributed by atoms with E-state index in [2.05, 4.69) is 46.8 Å². The normalized spacial score (nSPS) is 16.0. The van der Waals surface area contributed by atoms with Crippen LogP contribution in [0.1, 0.15) is 37.3 Å². The number of pyridine rings is 1. The number of hydrogen-bond acceptors (Lipinski definition) is 10. The minimum atomic E-state index is -1.06. The Hall–Kier alpha value is -5.63. The molecule has 1 aliphatic rings. The fraction of sp³-hybridized carbons (Fsp3) is 0.333. The van der Waals surface area contributed by atoms with Crippen molar-refractivity contribution in [3.8, 4) is 11.3 Å². The number of hydrogen-bond donors (Lipinski definition) is 4. The quantitative estimate of drug-likeness (QED) is 0.130. The van der Waals surface area contributed by atoms with Gasteiger partial charge in [0.05, 0.1) is 11.9 Å². The molecule has 2 atom stereocenters. The van der Waals surface area contributed by atoms with Gasteiger partial charge in [-0.15, -0.1) is 0 Å². The molecule has 0 spiro atoms. The molecule has 1 saturated heterocycles. The van der Waals surface area contributed by atoms with E-state index in [1.807, 2.05) is 42.6 Å². The molecule has 3 aromatic heterocycles. The monoisotopic (exact) mass is 680 g/mol. The zero-order chi connectivity index (χ0) is 35.4. The maximum absolute atomic E-state index is 13.3. The van der Waals surface area contributed by atoms with Gasteiger partial charge in [-0.05, 0) is 48.0 Å². The van der Waals surface area contributed by atoms with E-state index >= 15 is 0 Å². The summed E-state index contributed by atoms with van der Waals surface area (Å²) >= 11 is 0. The minimum Gasteiger partial charge on any atom is -0.444 e. The Balaban J connectivity index is 1.26. The van der Waals surface area contributed by atoms with E-state index in [0.717, 1.165) is 46.1 Å². The van der Waals surface area contributed by atoms with Crippen LogP contribution in [0.25, 0.3) is 27.7 Å². The van der Waals surface area contributed by atoms with Crippen molar-refractivity contribution in [2.45, 2.75) is 38.8 Å². The second kappa shape index (κ2) is 14.9. The summed E-state index contributed by atoms with van der Waals surface area (Å²) in [5, 5.41) is 19.1. The molecule has 0 unspecified atom stereocenters. The van der Waals surface area contributed by atoms with Gasteiger partial charge in [-0.1, -0.05) is 50.8 Å². The lowest BCUT2D eigenvalue weighted by molar-refractivity contribution is -0.114. The molecule has 1 fully saturated rings. The Morgan fingerprint density at radius 1 is 1.14 bits per heavy atom. The van der Waals surface area contributed by atoms with Crippen molar-refractivity contribution in [2.24, 2.45) is 5.92 Å². The fourth-order valence-electron chi connectivity index (χ4n) is 5.96. The molecule has 50 heavy (non-hydrogen) atoms. The van der Waals surface area contributed by atoms with Crippen molar-refractivity contribution in [3.05, 3.63) is 84.5 Å². The zero-order valence-electron chi connectivity index (χ0n) is 28.5. The van der Waals surface area contributed by atoms with E-state index in [-0.39, 0.29) is 24.0 Å². The average Bonchev–Trinajstić information content (AvgIpc) is 3.54. The first-order valence-corrected chi connectivity index (χ1v) is 16.5. The molecular weight excluding hydrogens is 639 g/mol. The third kappa shape index (κ3) is 7.49. The number of ether oxygens (including phenoxy) is 1. The summed E-state index contributed by atoms with van der Waals surface area (Å²) in [4.78, 5) is 40.0. The highest BCUT2D eigenvalue weighted by Gasteiger charge is 2.29. The fourth-order valence-corrected chi connectivity index (χ4v) is 5.96. The summed E-state index contributed by atoms with van der Waals surface area (Å²) in [6.45, 7) is 9.59. The van der Waals surface area contributed by atoms with Gasteiger partial charge in [0.2, 0.25) is 11.9 Å². The Bertz CT molecular complexity index is 2050. The Kier molecular flexibility index (Phi) is 10.2. The molecule has 6 rings (SSSR count). The number of piperidine rings is 1. The summed E-state index contributed by atoms with van der Waals surface area (Å²) in [7, 11) is 3.34. The van der Waals surface area contributed by atoms with Crippen LogP contribution in [0, 0.1) is 5.92 Å². The lowest BCUT2D eigenvalue weighted by Crippen LogP contribution is -2.47. The molecule has 2 amide bonds. The minimum absolute atomic E-state index is 0.0708. The van der Waals surface area contributed by atoms with Gasteiger partial charge in [-0.3, -0.25) is 9.78 Å². The number of benzene rings is 2. The van der Waals surface area contributed by atoms with Gasteiger partial charge in [0.15, 0.2) is 11.5 Å². The molecule has 5 aromatic rings. The van der Waals surface area contributed by atoms with Crippen LogP contribution in [0.15, 0.2) is 73.3 Å². The maximum Gasteiger partial charge on any atom is 0.409 e. The van der Waals surface area contributed by atoms with Gasteiger partial charge in [-0.25, -0.2) is 9.18 Å². The topological polar surface area (TPSA) is 151 Å². The Morgan fingerprint density at radius 2 is 1.96 bits per heavy atom. The SMILES string of the molecule is C=C(F)C(=O)Nc1ccc2c(-c3ccccc3CNc3nc(NC[C@H]4CCNC[C@@H]4OC(=O)N(C)C)nc4c(C(C)C)cnn34)nccc2c1. The van der Waals surface area contributed by atoms with Crippen LogP contribution in [0.3, 0.4) is 0 Å². The lowest BCUT2D eigenvalue weighted by Gasteiger charge is -2.32. The number of carbonyl (C=O) groups is 2. The third-order valence-electron chi connectivity index (χ3n) is 8.70. The summed E-state index contributed by atoms with van der Waals surface area (Å²) in [6, 6.07) is 15.1. The van der Waals surface area contributed by atoms with Crippen molar-refractivity contribution >= 4 is 46.0 Å². The molecule has 14 heteroatoms. The molecule has 0 aliphatic carbocycles. The van der Waals surface area contributed by atoms with E-state index in [9.17, 15) is 14.0 Å². The van der Waals surface area contributed by atoms with Crippen LogP contribution < -0.4 is 21.3 Å². The van der Waals surface area contributed by atoms with Crippen LogP contribution >= 0.6 is 0 Å². The van der Waals surface area contributed by atoms with E-state index in [4.69, 9.17) is 19.7 Å². The molecule has 4 heterocycles. The number of nitrogens with zero attached hydrogens (tertiary/aromatic N) is 6. The van der Waals surface area contributed by atoms with Gasteiger partial charge < -0.3 is 30.9 Å². The highest BCUT2D eigenvalue weighted by Crippen LogP contribution is 2.31. The lowest BCUT2D eigenvalue weighted by atomic mass is 9.95. The number of rotatable bonds is 11. The average molecular weight is 681 g/mol. The van der Waals surface area contributed by atoms with Crippen LogP contribution in [0.5, 0.6) is 0 Å². The van der Waals surface area contributed by atoms with E-state index in [0.29, 0.717) is 42.9 Å². The standard InChI is InChI=1S/C36H41FN10O3/c1-21(2)29-19-42-47-32(29)44-34(40-18-25-12-14-38-20-30(25)50-36(49)46(4)5)45-35(47)41-17-24-8-6-7-9-27(24)31-28-11-10-26(43-33(48)22(3)37)16-23(28)13-15-39-31/h6-11,13,15-16,19,21,25,30,38H,3,12,14,17-18,20H2,1-2,4-5H3,(H,43,48)(H2,40,41,44,45)/t25-,30+/m1/s1. The molecule has 0 radical (unpaired) electrons. The summed E-state index contributed by atoms with van der Waals surface area (Å²) in [5.41, 5.74) is 4.78. The first-order chi connectivity index (χ1) is 24.1. The number of amides is 2. The first-order valence-electron chi connectivity index (χ1n) is 16.5. The van der Waals surface area contributed by atoms with Gasteiger partial charge in [0.1, 0.15) is 6.10 Å². The van der Waals surface area contributed by atoms with Crippen LogP contribution in [0.2, 0.25) is 0 Å². The molecule has 1 aliphatic heterocycles. The molecule has 13 nitrogen and oxygen atoms in total. The summed E-state index contributed by atoms with van der Waals surface area (Å²) < 4.78 is 20.8. The van der Waals surface area contributed by atoms with Crippen molar-refractivity contribution in [2.75, 3.05) is 49.7 Å². The molecule has 0 bridgehead atoms. The number of halogens is 1. The maximum atomic E-state index is 13.3. The highest BCUT2D eigenvalue weighted by molar-refractivity contribution is 6.04. The zero-order valence-corrected chi connectivity index (χ0v) is 28.5. The number of carbonyl (C=O) groups excluding carboxylic acids is 2. The number of anilines is 3. The van der Waals surface area contributed by atoms with Crippen LogP contribution in [-0.2, 0) is 16.1 Å². The summed E-state index contributed by atoms with van der Waals surface area (Å²) in [6.07, 6.45) is 3.71. The third-order valence-corrected chi connectivity index (χ3v) is 8.70. The smallest absolute Gasteiger partial charge is 0.409 e. The highest BCUT2D eigenvalue weighted by atomic mass is 19.1. The van der Waals surface area contributed by atoms with E-state index in [1.165, 1.54) is 4.90 Å². The van der Waals surface area contributed by atoms with Crippen LogP contribution in [0.4, 0.5) is 26.8 Å². The van der Waals surface area contributed by atoms with Crippen molar-refractivity contribution in [1.82, 2.24) is 34.8 Å².